The van der Waals surface area contributed by atoms with E-state index in [1.807, 2.05) is 29.2 Å². The lowest BCUT2D eigenvalue weighted by atomic mass is 9.87. The van der Waals surface area contributed by atoms with Crippen LogP contribution in [0.3, 0.4) is 0 Å². The lowest BCUT2D eigenvalue weighted by Crippen LogP contribution is -2.48. The number of H-pyrrole nitrogens is 1. The van der Waals surface area contributed by atoms with Crippen molar-refractivity contribution >= 4 is 56.3 Å². The molecule has 0 saturated heterocycles. The first-order chi connectivity index (χ1) is 12.0. The Morgan fingerprint density at radius 1 is 1.36 bits per heavy atom. The number of nitrogens with one attached hydrogen (secondary N) is 1. The predicted octanol–water partition coefficient (Wildman–Crippen LogP) is 4.70. The predicted molar refractivity (Wildman–Crippen MR) is 106 cm³/mol. The number of rotatable bonds is 3. The summed E-state index contributed by atoms with van der Waals surface area (Å²) in [6, 6.07) is 7.99. The van der Waals surface area contributed by atoms with Gasteiger partial charge in [-0.1, -0.05) is 62.9 Å². The first-order valence-electron chi connectivity index (χ1n) is 7.54. The number of para-hydroxylation sites is 1. The third-order valence-electron chi connectivity index (χ3n) is 4.14. The molecule has 0 aliphatic carbocycles. The van der Waals surface area contributed by atoms with Crippen molar-refractivity contribution in [3.05, 3.63) is 39.3 Å². The van der Waals surface area contributed by atoms with Gasteiger partial charge in [-0.2, -0.15) is 5.10 Å². The minimum atomic E-state index is -0.443. The monoisotopic (exact) mass is 406 g/mol. The molecule has 1 N–H and O–H groups in total. The Balaban J connectivity index is 1.77. The number of anilines is 1. The second-order valence-corrected chi connectivity index (χ2v) is 9.82. The number of carbonyl (C=O) groups is 1. The van der Waals surface area contributed by atoms with Crippen molar-refractivity contribution in [2.45, 2.75) is 24.5 Å². The van der Waals surface area contributed by atoms with Gasteiger partial charge in [0.05, 0.1) is 21.9 Å². The average molecular weight is 407 g/mol. The second-order valence-electron chi connectivity index (χ2n) is 6.04. The lowest BCUT2D eigenvalue weighted by Gasteiger charge is -2.42. The van der Waals surface area contributed by atoms with E-state index in [0.29, 0.717) is 5.16 Å². The van der Waals surface area contributed by atoms with Crippen LogP contribution in [-0.2, 0) is 10.3 Å². The highest BCUT2D eigenvalue weighted by molar-refractivity contribution is 7.99. The molecule has 4 rings (SSSR count). The van der Waals surface area contributed by atoms with Crippen molar-refractivity contribution in [2.24, 2.45) is 0 Å². The molecule has 5 nitrogen and oxygen atoms in total. The van der Waals surface area contributed by atoms with Crippen molar-refractivity contribution < 1.29 is 4.79 Å². The summed E-state index contributed by atoms with van der Waals surface area (Å²) >= 11 is 6.92. The first-order valence-corrected chi connectivity index (χ1v) is 11.1. The summed E-state index contributed by atoms with van der Waals surface area (Å²) < 4.78 is 0.892. The number of hydrogen-bond donors (Lipinski definition) is 1. The first kappa shape index (κ1) is 16.9. The Morgan fingerprint density at radius 2 is 2.16 bits per heavy atom. The molecule has 2 aromatic heterocycles. The van der Waals surface area contributed by atoms with E-state index < -0.39 is 5.54 Å². The van der Waals surface area contributed by atoms with Gasteiger partial charge in [0, 0.05) is 11.1 Å². The Hall–Kier alpha value is -1.55. The molecule has 1 aromatic carbocycles. The number of thioether (sulfide) groups is 1. The number of aromatic amines is 1. The van der Waals surface area contributed by atoms with Crippen LogP contribution in [0.15, 0.2) is 35.7 Å². The van der Waals surface area contributed by atoms with Crippen LogP contribution in [0.2, 0.25) is 0 Å². The van der Waals surface area contributed by atoms with Crippen LogP contribution < -0.4 is 4.90 Å². The fourth-order valence-corrected chi connectivity index (χ4v) is 6.99. The minimum Gasteiger partial charge on any atom is -0.301 e. The van der Waals surface area contributed by atoms with Crippen LogP contribution in [0.25, 0.3) is 11.1 Å². The summed E-state index contributed by atoms with van der Waals surface area (Å²) in [5.41, 5.74) is 2.62. The van der Waals surface area contributed by atoms with Gasteiger partial charge in [0.1, 0.15) is 10.2 Å². The molecule has 3 aromatic rings. The molecule has 0 fully saturated rings. The van der Waals surface area contributed by atoms with E-state index in [0.717, 1.165) is 25.5 Å². The van der Waals surface area contributed by atoms with Crippen LogP contribution in [0.4, 0.5) is 5.69 Å². The quantitative estimate of drug-likeness (QED) is 0.388. The van der Waals surface area contributed by atoms with Gasteiger partial charge in [-0.05, 0) is 19.9 Å². The number of fused-ring (bicyclic) bond motifs is 3. The number of benzene rings is 1. The molecule has 1 aliphatic heterocycles. The van der Waals surface area contributed by atoms with E-state index in [4.69, 9.17) is 12.2 Å². The molecular weight excluding hydrogens is 392 g/mol. The fourth-order valence-electron chi connectivity index (χ4n) is 3.08. The third-order valence-corrected chi connectivity index (χ3v) is 8.33. The van der Waals surface area contributed by atoms with Crippen LogP contribution >= 0.6 is 44.7 Å². The van der Waals surface area contributed by atoms with Crippen molar-refractivity contribution in [1.29, 1.82) is 0 Å². The normalized spacial score (nSPS) is 14.9. The van der Waals surface area contributed by atoms with Gasteiger partial charge in [0.15, 0.2) is 5.16 Å². The average Bonchev–Trinajstić information content (AvgIpc) is 3.23. The molecule has 0 bridgehead atoms. The SMILES string of the molecule is CC1(C)c2ssc(=S)c2-c2ccccc2N1C(=O)CSc1ncn[nH]1. The smallest absolute Gasteiger partial charge is 0.238 e. The van der Waals surface area contributed by atoms with Crippen molar-refractivity contribution in [2.75, 3.05) is 10.7 Å². The van der Waals surface area contributed by atoms with Gasteiger partial charge in [0.25, 0.3) is 0 Å². The van der Waals surface area contributed by atoms with E-state index in [1.165, 1.54) is 18.1 Å². The molecule has 1 aliphatic rings. The van der Waals surface area contributed by atoms with Crippen LogP contribution in [0, 0.1) is 3.82 Å². The Morgan fingerprint density at radius 3 is 2.92 bits per heavy atom. The summed E-state index contributed by atoms with van der Waals surface area (Å²) in [5, 5.41) is 7.24. The number of hydrogen-bond acceptors (Lipinski definition) is 7. The van der Waals surface area contributed by atoms with Gasteiger partial charge in [-0.3, -0.25) is 9.89 Å². The summed E-state index contributed by atoms with van der Waals surface area (Å²) in [5.74, 6) is 0.325. The molecule has 3 heterocycles. The third kappa shape index (κ3) is 2.75. The zero-order valence-electron chi connectivity index (χ0n) is 13.5. The van der Waals surface area contributed by atoms with Crippen LogP contribution in [0.5, 0.6) is 0 Å². The highest BCUT2D eigenvalue weighted by Crippen LogP contribution is 2.52. The molecule has 0 atom stereocenters. The Kier molecular flexibility index (Phi) is 4.27. The topological polar surface area (TPSA) is 61.9 Å². The zero-order valence-corrected chi connectivity index (χ0v) is 16.7. The molecule has 9 heteroatoms. The molecule has 128 valence electrons. The Bertz CT molecular complexity index is 990. The molecule has 0 spiro atoms. The maximum absolute atomic E-state index is 13.1. The Labute approximate surface area is 161 Å². The molecule has 0 unspecified atom stereocenters. The second kappa shape index (κ2) is 6.31. The highest BCUT2D eigenvalue weighted by Gasteiger charge is 2.42. The maximum atomic E-state index is 13.1. The highest BCUT2D eigenvalue weighted by atomic mass is 32.9. The zero-order chi connectivity index (χ0) is 17.6. The van der Waals surface area contributed by atoms with Crippen LogP contribution in [0.1, 0.15) is 18.7 Å². The van der Waals surface area contributed by atoms with E-state index in [-0.39, 0.29) is 11.7 Å². The molecular formula is C16H14N4OS4. The van der Waals surface area contributed by atoms with Gasteiger partial charge in [-0.25, -0.2) is 4.98 Å². The standard InChI is InChI=1S/C16H14N4OS4/c1-16(2)13-12(14(22)25-24-13)9-5-3-4-6-10(9)20(16)11(21)7-23-15-17-8-18-19-15/h3-6,8H,7H2,1-2H3,(H,17,18,19). The van der Waals surface area contributed by atoms with E-state index in [2.05, 4.69) is 29.0 Å². The lowest BCUT2D eigenvalue weighted by molar-refractivity contribution is -0.117. The number of amides is 1. The summed E-state index contributed by atoms with van der Waals surface area (Å²) in [6.07, 6.45) is 1.44. The van der Waals surface area contributed by atoms with Crippen LogP contribution in [-0.4, -0.2) is 26.8 Å². The maximum Gasteiger partial charge on any atom is 0.238 e. The van der Waals surface area contributed by atoms with Crippen molar-refractivity contribution in [1.82, 2.24) is 15.2 Å². The summed E-state index contributed by atoms with van der Waals surface area (Å²) in [6.45, 7) is 4.16. The van der Waals surface area contributed by atoms with Gasteiger partial charge in [0.2, 0.25) is 5.91 Å². The molecule has 0 saturated carbocycles. The van der Waals surface area contributed by atoms with Crippen molar-refractivity contribution in [3.8, 4) is 11.1 Å². The summed E-state index contributed by atoms with van der Waals surface area (Å²) in [4.78, 5) is 20.2. The van der Waals surface area contributed by atoms with Gasteiger partial charge in [-0.15, -0.1) is 0 Å². The minimum absolute atomic E-state index is 0.0359. The van der Waals surface area contributed by atoms with E-state index in [9.17, 15) is 4.79 Å². The summed E-state index contributed by atoms with van der Waals surface area (Å²) in [7, 11) is 3.27. The number of carbonyl (C=O) groups excluding carboxylic acids is 1. The van der Waals surface area contributed by atoms with E-state index >= 15 is 0 Å². The molecule has 1 amide bonds. The largest absolute Gasteiger partial charge is 0.301 e. The number of nitrogens with zero attached hydrogens (tertiary/aromatic N) is 3. The fraction of sp³-hybridized carbons (Fsp3) is 0.250. The number of aromatic nitrogens is 3. The van der Waals surface area contributed by atoms with Gasteiger partial charge >= 0.3 is 0 Å². The van der Waals surface area contributed by atoms with Crippen molar-refractivity contribution in [3.63, 3.8) is 0 Å². The molecule has 25 heavy (non-hydrogen) atoms. The van der Waals surface area contributed by atoms with Gasteiger partial charge < -0.3 is 4.90 Å². The van der Waals surface area contributed by atoms with E-state index in [1.54, 1.807) is 20.7 Å². The molecule has 0 radical (unpaired) electrons.